The number of aryl methyl sites for hydroxylation is 2. The number of fused-ring (bicyclic) bond motifs is 1. The van der Waals surface area contributed by atoms with Gasteiger partial charge >= 0.3 is 0 Å². The summed E-state index contributed by atoms with van der Waals surface area (Å²) in [6, 6.07) is 0. The zero-order valence-corrected chi connectivity index (χ0v) is 10.6. The van der Waals surface area contributed by atoms with Crippen molar-refractivity contribution in [2.45, 2.75) is 41.5 Å². The van der Waals surface area contributed by atoms with E-state index in [1.54, 1.807) is 6.20 Å². The Morgan fingerprint density at radius 2 is 1.60 bits per heavy atom. The summed E-state index contributed by atoms with van der Waals surface area (Å²) in [7, 11) is 0. The van der Waals surface area contributed by atoms with E-state index in [0.29, 0.717) is 0 Å². The van der Waals surface area contributed by atoms with Crippen molar-refractivity contribution < 1.29 is 0 Å². The molecule has 2 rings (SSSR count). The molecule has 0 radical (unpaired) electrons. The standard InChI is InChI=1S/C8H9N3.2C2H6/c1-6-5-10-7(2)11-4-3-9-8(6)11;2*1-2/h3-5H,1-2H3;2*1-2H3. The molecule has 0 N–H and O–H groups in total. The van der Waals surface area contributed by atoms with Crippen LogP contribution in [0.25, 0.3) is 5.65 Å². The van der Waals surface area contributed by atoms with E-state index in [0.717, 1.165) is 17.0 Å². The molecule has 3 nitrogen and oxygen atoms in total. The molecule has 0 aromatic carbocycles. The Kier molecular flexibility index (Phi) is 6.34. The Bertz CT molecular complexity index is 355. The number of hydrogen-bond donors (Lipinski definition) is 0. The van der Waals surface area contributed by atoms with E-state index in [4.69, 9.17) is 0 Å². The van der Waals surface area contributed by atoms with Crippen molar-refractivity contribution in [3.63, 3.8) is 0 Å². The van der Waals surface area contributed by atoms with E-state index in [1.807, 2.05) is 58.3 Å². The smallest absolute Gasteiger partial charge is 0.142 e. The number of aromatic nitrogens is 3. The first-order chi connectivity index (χ1) is 7.29. The lowest BCUT2D eigenvalue weighted by Gasteiger charge is -1.99. The van der Waals surface area contributed by atoms with Crippen LogP contribution in [0, 0.1) is 13.8 Å². The quantitative estimate of drug-likeness (QED) is 0.662. The molecule has 2 aromatic rings. The van der Waals surface area contributed by atoms with Crippen molar-refractivity contribution in [1.29, 1.82) is 0 Å². The summed E-state index contributed by atoms with van der Waals surface area (Å²) < 4.78 is 1.98. The minimum atomic E-state index is 0.975. The maximum absolute atomic E-state index is 4.20. The minimum absolute atomic E-state index is 0.975. The number of hydrogen-bond acceptors (Lipinski definition) is 2. The summed E-state index contributed by atoms with van der Waals surface area (Å²) in [6.45, 7) is 12.0. The highest BCUT2D eigenvalue weighted by Gasteiger charge is 1.99. The second-order valence-electron chi connectivity index (χ2n) is 2.61. The van der Waals surface area contributed by atoms with Gasteiger partial charge in [0.25, 0.3) is 0 Å². The van der Waals surface area contributed by atoms with E-state index in [1.165, 1.54) is 0 Å². The second kappa shape index (κ2) is 6.98. The summed E-state index contributed by atoms with van der Waals surface area (Å²) >= 11 is 0. The van der Waals surface area contributed by atoms with Gasteiger partial charge in [0.05, 0.1) is 0 Å². The minimum Gasteiger partial charge on any atom is -0.288 e. The van der Waals surface area contributed by atoms with Gasteiger partial charge in [-0.05, 0) is 13.8 Å². The van der Waals surface area contributed by atoms with E-state index in [2.05, 4.69) is 9.97 Å². The van der Waals surface area contributed by atoms with E-state index < -0.39 is 0 Å². The molecule has 0 saturated carbocycles. The van der Waals surface area contributed by atoms with Crippen molar-refractivity contribution in [3.05, 3.63) is 30.0 Å². The summed E-state index contributed by atoms with van der Waals surface area (Å²) in [4.78, 5) is 8.40. The lowest BCUT2D eigenvalue weighted by Crippen LogP contribution is -1.95. The fourth-order valence-electron chi connectivity index (χ4n) is 1.17. The SMILES string of the molecule is CC.CC.Cc1cnc(C)n2ccnc12. The largest absolute Gasteiger partial charge is 0.288 e. The molecular formula is C12H21N3. The van der Waals surface area contributed by atoms with Gasteiger partial charge in [-0.15, -0.1) is 0 Å². The predicted molar refractivity (Wildman–Crippen MR) is 65.2 cm³/mol. The summed E-state index contributed by atoms with van der Waals surface area (Å²) in [5, 5.41) is 0. The molecule has 0 spiro atoms. The molecule has 2 aromatic heterocycles. The molecule has 15 heavy (non-hydrogen) atoms. The lowest BCUT2D eigenvalue weighted by atomic mass is 10.4. The molecular weight excluding hydrogens is 186 g/mol. The monoisotopic (exact) mass is 207 g/mol. The molecule has 2 heterocycles. The Morgan fingerprint density at radius 3 is 2.13 bits per heavy atom. The summed E-state index contributed by atoms with van der Waals surface area (Å²) in [6.07, 6.45) is 5.55. The van der Waals surface area contributed by atoms with Crippen molar-refractivity contribution in [2.24, 2.45) is 0 Å². The molecule has 3 heteroatoms. The zero-order chi connectivity index (χ0) is 11.8. The number of imidazole rings is 1. The molecule has 0 aliphatic heterocycles. The highest BCUT2D eigenvalue weighted by Crippen LogP contribution is 2.06. The van der Waals surface area contributed by atoms with Gasteiger partial charge in [-0.25, -0.2) is 9.97 Å². The Balaban J connectivity index is 0.000000442. The summed E-state index contributed by atoms with van der Waals surface area (Å²) in [5.74, 6) is 0.975. The Hall–Kier alpha value is -1.38. The maximum Gasteiger partial charge on any atom is 0.142 e. The van der Waals surface area contributed by atoms with Crippen LogP contribution < -0.4 is 0 Å². The molecule has 0 atom stereocenters. The topological polar surface area (TPSA) is 30.2 Å². The third-order valence-corrected chi connectivity index (χ3v) is 1.79. The molecule has 0 saturated heterocycles. The molecule has 0 bridgehead atoms. The Labute approximate surface area is 92.2 Å². The van der Waals surface area contributed by atoms with Gasteiger partial charge < -0.3 is 0 Å². The van der Waals surface area contributed by atoms with Crippen LogP contribution in [0.15, 0.2) is 18.6 Å². The van der Waals surface area contributed by atoms with Crippen molar-refractivity contribution >= 4 is 5.65 Å². The van der Waals surface area contributed by atoms with Gasteiger partial charge in [-0.2, -0.15) is 0 Å². The number of nitrogens with zero attached hydrogens (tertiary/aromatic N) is 3. The predicted octanol–water partition coefficient (Wildman–Crippen LogP) is 3.40. The van der Waals surface area contributed by atoms with Crippen molar-refractivity contribution in [3.8, 4) is 0 Å². The highest BCUT2D eigenvalue weighted by atomic mass is 15.0. The van der Waals surface area contributed by atoms with Crippen LogP contribution in [0.1, 0.15) is 39.1 Å². The molecule has 0 amide bonds. The van der Waals surface area contributed by atoms with Gasteiger partial charge in [0.2, 0.25) is 0 Å². The van der Waals surface area contributed by atoms with Crippen LogP contribution in [0.2, 0.25) is 0 Å². The first-order valence-corrected chi connectivity index (χ1v) is 5.54. The van der Waals surface area contributed by atoms with Gasteiger partial charge in [-0.1, -0.05) is 27.7 Å². The maximum atomic E-state index is 4.20. The van der Waals surface area contributed by atoms with Gasteiger partial charge in [-0.3, -0.25) is 4.40 Å². The fourth-order valence-corrected chi connectivity index (χ4v) is 1.17. The van der Waals surface area contributed by atoms with Crippen molar-refractivity contribution in [1.82, 2.24) is 14.4 Å². The van der Waals surface area contributed by atoms with Gasteiger partial charge in [0.15, 0.2) is 0 Å². The van der Waals surface area contributed by atoms with E-state index in [9.17, 15) is 0 Å². The van der Waals surface area contributed by atoms with Crippen LogP contribution in [0.3, 0.4) is 0 Å². The zero-order valence-electron chi connectivity index (χ0n) is 10.6. The van der Waals surface area contributed by atoms with Gasteiger partial charge in [0, 0.05) is 24.2 Å². The van der Waals surface area contributed by atoms with Crippen molar-refractivity contribution in [2.75, 3.05) is 0 Å². The molecule has 84 valence electrons. The van der Waals surface area contributed by atoms with Crippen LogP contribution >= 0.6 is 0 Å². The summed E-state index contributed by atoms with van der Waals surface area (Å²) in [5.41, 5.74) is 2.11. The molecule has 0 aliphatic rings. The first-order valence-electron chi connectivity index (χ1n) is 5.54. The average molecular weight is 207 g/mol. The first kappa shape index (κ1) is 13.6. The lowest BCUT2D eigenvalue weighted by molar-refractivity contribution is 0.975. The second-order valence-corrected chi connectivity index (χ2v) is 2.61. The molecule has 0 unspecified atom stereocenters. The average Bonchev–Trinajstić information content (AvgIpc) is 2.79. The Morgan fingerprint density at radius 1 is 1.00 bits per heavy atom. The fraction of sp³-hybridized carbons (Fsp3) is 0.500. The highest BCUT2D eigenvalue weighted by molar-refractivity contribution is 5.45. The van der Waals surface area contributed by atoms with Crippen LogP contribution in [0.4, 0.5) is 0 Å². The van der Waals surface area contributed by atoms with Crippen LogP contribution in [-0.4, -0.2) is 14.4 Å². The number of rotatable bonds is 0. The van der Waals surface area contributed by atoms with E-state index in [-0.39, 0.29) is 0 Å². The van der Waals surface area contributed by atoms with Crippen LogP contribution in [-0.2, 0) is 0 Å². The normalized spacial score (nSPS) is 8.67. The van der Waals surface area contributed by atoms with Gasteiger partial charge in [0.1, 0.15) is 11.5 Å². The third-order valence-electron chi connectivity index (χ3n) is 1.79. The van der Waals surface area contributed by atoms with Crippen LogP contribution in [0.5, 0.6) is 0 Å². The third kappa shape index (κ3) is 3.05. The van der Waals surface area contributed by atoms with E-state index >= 15 is 0 Å². The molecule has 0 fully saturated rings. The molecule has 0 aliphatic carbocycles.